The summed E-state index contributed by atoms with van der Waals surface area (Å²) in [6, 6.07) is 70.0. The van der Waals surface area contributed by atoms with Crippen LogP contribution in [0.3, 0.4) is 0 Å². The largest absolute Gasteiger partial charge is 0.208 e. The van der Waals surface area contributed by atoms with Gasteiger partial charge in [0.1, 0.15) is 0 Å². The van der Waals surface area contributed by atoms with E-state index in [0.717, 1.165) is 38.9 Å². The first-order valence-electron chi connectivity index (χ1n) is 17.5. The third kappa shape index (κ3) is 6.28. The van der Waals surface area contributed by atoms with Crippen LogP contribution in [0.15, 0.2) is 200 Å². The molecule has 3 heteroatoms. The second-order valence-corrected chi connectivity index (χ2v) is 12.9. The first-order valence-corrected chi connectivity index (χ1v) is 17.5. The van der Waals surface area contributed by atoms with Gasteiger partial charge in [0.25, 0.3) is 0 Å². The Morgan fingerprint density at radius 2 is 0.596 bits per heavy atom. The highest BCUT2D eigenvalue weighted by atomic mass is 15.0. The van der Waals surface area contributed by atoms with Gasteiger partial charge in [0.2, 0.25) is 0 Å². The molecule has 0 aliphatic heterocycles. The molecule has 9 rings (SSSR count). The molecule has 0 radical (unpaired) electrons. The average molecular weight is 664 g/mol. The molecule has 1 heterocycles. The Hall–Kier alpha value is -6.97. The second kappa shape index (κ2) is 13.7. The van der Waals surface area contributed by atoms with E-state index in [1.807, 2.05) is 12.1 Å². The van der Waals surface area contributed by atoms with E-state index in [0.29, 0.717) is 17.5 Å². The molecule has 0 aliphatic rings. The van der Waals surface area contributed by atoms with Crippen molar-refractivity contribution in [3.05, 3.63) is 200 Å². The van der Waals surface area contributed by atoms with Crippen LogP contribution in [0.5, 0.6) is 0 Å². The number of nitrogens with zero attached hydrogens (tertiary/aromatic N) is 3. The van der Waals surface area contributed by atoms with E-state index in [1.54, 1.807) is 0 Å². The van der Waals surface area contributed by atoms with Crippen molar-refractivity contribution in [2.24, 2.45) is 0 Å². The summed E-state index contributed by atoms with van der Waals surface area (Å²) >= 11 is 0. The van der Waals surface area contributed by atoms with E-state index < -0.39 is 0 Å². The maximum atomic E-state index is 5.06. The third-order valence-corrected chi connectivity index (χ3v) is 9.58. The number of benzene rings is 8. The highest BCUT2D eigenvalue weighted by Crippen LogP contribution is 2.33. The van der Waals surface area contributed by atoms with E-state index in [4.69, 9.17) is 15.0 Å². The molecule has 0 bridgehead atoms. The lowest BCUT2D eigenvalue weighted by molar-refractivity contribution is 1.07. The molecule has 0 saturated carbocycles. The lowest BCUT2D eigenvalue weighted by atomic mass is 9.96. The van der Waals surface area contributed by atoms with Gasteiger partial charge < -0.3 is 0 Å². The molecular formula is C49H33N3. The minimum Gasteiger partial charge on any atom is -0.208 e. The number of hydrogen-bond donors (Lipinski definition) is 0. The van der Waals surface area contributed by atoms with Gasteiger partial charge in [-0.25, -0.2) is 15.0 Å². The van der Waals surface area contributed by atoms with Crippen molar-refractivity contribution in [2.75, 3.05) is 0 Å². The van der Waals surface area contributed by atoms with Crippen LogP contribution >= 0.6 is 0 Å². The van der Waals surface area contributed by atoms with Crippen molar-refractivity contribution in [3.63, 3.8) is 0 Å². The molecule has 0 fully saturated rings. The molecule has 8 aromatic carbocycles. The molecule has 0 unspecified atom stereocenters. The summed E-state index contributed by atoms with van der Waals surface area (Å²) < 4.78 is 0. The Kier molecular flexibility index (Phi) is 8.20. The van der Waals surface area contributed by atoms with Crippen molar-refractivity contribution >= 4 is 10.8 Å². The maximum absolute atomic E-state index is 5.06. The Morgan fingerprint density at radius 1 is 0.231 bits per heavy atom. The molecule has 9 aromatic rings. The molecule has 0 spiro atoms. The van der Waals surface area contributed by atoms with E-state index in [-0.39, 0.29) is 0 Å². The number of fused-ring (bicyclic) bond motifs is 1. The van der Waals surface area contributed by atoms with Crippen LogP contribution < -0.4 is 0 Å². The molecule has 0 atom stereocenters. The first-order chi connectivity index (χ1) is 25.7. The summed E-state index contributed by atoms with van der Waals surface area (Å²) in [5, 5.41) is 2.50. The number of aromatic nitrogens is 3. The average Bonchev–Trinajstić information content (AvgIpc) is 3.24. The topological polar surface area (TPSA) is 38.7 Å². The third-order valence-electron chi connectivity index (χ3n) is 9.58. The molecule has 0 N–H and O–H groups in total. The first kappa shape index (κ1) is 31.0. The van der Waals surface area contributed by atoms with Crippen LogP contribution in [-0.2, 0) is 0 Å². The normalized spacial score (nSPS) is 11.1. The van der Waals surface area contributed by atoms with E-state index >= 15 is 0 Å². The zero-order valence-corrected chi connectivity index (χ0v) is 28.4. The monoisotopic (exact) mass is 663 g/mol. The Morgan fingerprint density at radius 3 is 1.17 bits per heavy atom. The van der Waals surface area contributed by atoms with Crippen molar-refractivity contribution in [1.29, 1.82) is 0 Å². The fourth-order valence-corrected chi connectivity index (χ4v) is 6.81. The van der Waals surface area contributed by atoms with Crippen LogP contribution in [0, 0.1) is 0 Å². The van der Waals surface area contributed by atoms with Gasteiger partial charge >= 0.3 is 0 Å². The lowest BCUT2D eigenvalue weighted by Gasteiger charge is -2.11. The van der Waals surface area contributed by atoms with Crippen LogP contribution in [0.25, 0.3) is 89.4 Å². The van der Waals surface area contributed by atoms with E-state index in [1.165, 1.54) is 33.0 Å². The molecule has 244 valence electrons. The smallest absolute Gasteiger partial charge is 0.164 e. The van der Waals surface area contributed by atoms with Crippen LogP contribution in [0.4, 0.5) is 0 Å². The van der Waals surface area contributed by atoms with Gasteiger partial charge in [0.05, 0.1) is 0 Å². The van der Waals surface area contributed by atoms with Crippen LogP contribution in [0.2, 0.25) is 0 Å². The van der Waals surface area contributed by atoms with Gasteiger partial charge in [-0.3, -0.25) is 0 Å². The van der Waals surface area contributed by atoms with Crippen molar-refractivity contribution in [1.82, 2.24) is 15.0 Å². The van der Waals surface area contributed by atoms with Gasteiger partial charge in [-0.15, -0.1) is 0 Å². The zero-order chi connectivity index (χ0) is 34.7. The predicted octanol–water partition coefficient (Wildman–Crippen LogP) is 12.7. The molecule has 0 saturated heterocycles. The van der Waals surface area contributed by atoms with Gasteiger partial charge in [0.15, 0.2) is 17.5 Å². The minimum atomic E-state index is 0.633. The molecule has 52 heavy (non-hydrogen) atoms. The van der Waals surface area contributed by atoms with Crippen LogP contribution in [0.1, 0.15) is 0 Å². The standard InChI is InChI=1S/C49H33N3/c1-3-11-34(12-4-1)36-23-29-41(30-24-36)47-50-48(42-31-25-37(26-32-42)35-13-5-2-6-14-35)52-49(51-47)44-18-9-17-43(33-44)38-21-27-40(28-22-38)46-20-10-16-39-15-7-8-19-45(39)46/h1-33H. The van der Waals surface area contributed by atoms with Crippen molar-refractivity contribution < 1.29 is 0 Å². The molecule has 1 aromatic heterocycles. The molecule has 0 aliphatic carbocycles. The summed E-state index contributed by atoms with van der Waals surface area (Å²) in [4.78, 5) is 15.1. The highest BCUT2D eigenvalue weighted by molar-refractivity contribution is 5.97. The minimum absolute atomic E-state index is 0.633. The predicted molar refractivity (Wildman–Crippen MR) is 215 cm³/mol. The fraction of sp³-hybridized carbons (Fsp3) is 0. The van der Waals surface area contributed by atoms with Gasteiger partial charge in [-0.2, -0.15) is 0 Å². The van der Waals surface area contributed by atoms with Gasteiger partial charge in [0, 0.05) is 16.7 Å². The lowest BCUT2D eigenvalue weighted by Crippen LogP contribution is -2.00. The maximum Gasteiger partial charge on any atom is 0.164 e. The summed E-state index contributed by atoms with van der Waals surface area (Å²) in [5.74, 6) is 1.90. The highest BCUT2D eigenvalue weighted by Gasteiger charge is 2.14. The van der Waals surface area contributed by atoms with Crippen molar-refractivity contribution in [3.8, 4) is 78.7 Å². The van der Waals surface area contributed by atoms with E-state index in [9.17, 15) is 0 Å². The number of rotatable bonds is 7. The van der Waals surface area contributed by atoms with Gasteiger partial charge in [-0.1, -0.05) is 194 Å². The Bertz CT molecular complexity index is 2520. The fourth-order valence-electron chi connectivity index (χ4n) is 6.81. The molecule has 3 nitrogen and oxygen atoms in total. The quantitative estimate of drug-likeness (QED) is 0.170. The summed E-state index contributed by atoms with van der Waals surface area (Å²) in [6.45, 7) is 0. The summed E-state index contributed by atoms with van der Waals surface area (Å²) in [6.07, 6.45) is 0. The SMILES string of the molecule is c1ccc(-c2ccc(-c3nc(-c4ccc(-c5ccccc5)cc4)nc(-c4cccc(-c5ccc(-c6cccc7ccccc67)cc5)c4)n3)cc2)cc1. The summed E-state index contributed by atoms with van der Waals surface area (Å²) in [5.41, 5.74) is 12.1. The molecule has 0 amide bonds. The second-order valence-electron chi connectivity index (χ2n) is 12.9. The van der Waals surface area contributed by atoms with Crippen LogP contribution in [-0.4, -0.2) is 15.0 Å². The Labute approximate surface area is 303 Å². The van der Waals surface area contributed by atoms with Crippen molar-refractivity contribution in [2.45, 2.75) is 0 Å². The van der Waals surface area contributed by atoms with E-state index in [2.05, 4.69) is 188 Å². The number of hydrogen-bond acceptors (Lipinski definition) is 3. The Balaban J connectivity index is 1.09. The van der Waals surface area contributed by atoms with Gasteiger partial charge in [-0.05, 0) is 61.3 Å². The zero-order valence-electron chi connectivity index (χ0n) is 28.4. The molecular weight excluding hydrogens is 631 g/mol. The summed E-state index contributed by atoms with van der Waals surface area (Å²) in [7, 11) is 0.